The van der Waals surface area contributed by atoms with Crippen molar-refractivity contribution in [3.8, 4) is 11.5 Å². The molecule has 4 aromatic rings. The van der Waals surface area contributed by atoms with Crippen molar-refractivity contribution in [1.29, 1.82) is 0 Å². The average Bonchev–Trinajstić information content (AvgIpc) is 3.38. The summed E-state index contributed by atoms with van der Waals surface area (Å²) in [7, 11) is 3.17. The lowest BCUT2D eigenvalue weighted by Crippen LogP contribution is -2.35. The van der Waals surface area contributed by atoms with E-state index in [1.165, 1.54) is 17.7 Å². The van der Waals surface area contributed by atoms with E-state index < -0.39 is 0 Å². The number of anilines is 3. The van der Waals surface area contributed by atoms with Crippen LogP contribution in [0.4, 0.5) is 17.3 Å². The zero-order valence-corrected chi connectivity index (χ0v) is 24.2. The molecule has 12 heteroatoms. The second-order valence-electron chi connectivity index (χ2n) is 8.66. The Morgan fingerprint density at radius 2 is 1.95 bits per heavy atom. The SMILES string of the molecule is COc1cc(OC)c(I)c(NC(=O)c2csc3c(Nc4ccc(CN5CCOCC5)cn4)ncnc23)c1C. The summed E-state index contributed by atoms with van der Waals surface area (Å²) >= 11 is 3.56. The summed E-state index contributed by atoms with van der Waals surface area (Å²) in [4.78, 5) is 29.1. The van der Waals surface area contributed by atoms with E-state index in [4.69, 9.17) is 14.2 Å². The van der Waals surface area contributed by atoms with E-state index in [1.807, 2.05) is 19.2 Å². The predicted molar refractivity (Wildman–Crippen MR) is 156 cm³/mol. The Balaban J connectivity index is 1.35. The second-order valence-corrected chi connectivity index (χ2v) is 10.6. The number of ether oxygens (including phenoxy) is 3. The molecule has 0 bridgehead atoms. The number of rotatable bonds is 8. The summed E-state index contributed by atoms with van der Waals surface area (Å²) in [5.41, 5.74) is 3.61. The molecule has 4 heterocycles. The van der Waals surface area contributed by atoms with Gasteiger partial charge in [0.25, 0.3) is 5.91 Å². The highest BCUT2D eigenvalue weighted by molar-refractivity contribution is 14.1. The minimum Gasteiger partial charge on any atom is -0.496 e. The van der Waals surface area contributed by atoms with Gasteiger partial charge in [0.15, 0.2) is 5.82 Å². The van der Waals surface area contributed by atoms with Crippen molar-refractivity contribution in [2.24, 2.45) is 0 Å². The van der Waals surface area contributed by atoms with Gasteiger partial charge in [0.05, 0.1) is 52.5 Å². The minimum atomic E-state index is -0.275. The van der Waals surface area contributed by atoms with E-state index in [0.29, 0.717) is 39.9 Å². The van der Waals surface area contributed by atoms with Gasteiger partial charge in [-0.1, -0.05) is 6.07 Å². The molecular formula is C26H27IN6O4S. The van der Waals surface area contributed by atoms with Gasteiger partial charge in [-0.3, -0.25) is 9.69 Å². The van der Waals surface area contributed by atoms with Gasteiger partial charge in [-0.05, 0) is 41.1 Å². The van der Waals surface area contributed by atoms with Crippen LogP contribution in [0.1, 0.15) is 21.5 Å². The highest BCUT2D eigenvalue weighted by Gasteiger charge is 2.21. The number of morpholine rings is 1. The number of nitrogens with zero attached hydrogens (tertiary/aromatic N) is 4. The van der Waals surface area contributed by atoms with Crippen LogP contribution in [0.2, 0.25) is 0 Å². The van der Waals surface area contributed by atoms with E-state index in [-0.39, 0.29) is 5.91 Å². The van der Waals surface area contributed by atoms with Crippen molar-refractivity contribution in [1.82, 2.24) is 19.9 Å². The van der Waals surface area contributed by atoms with Crippen molar-refractivity contribution in [3.63, 3.8) is 0 Å². The molecule has 0 radical (unpaired) electrons. The first-order chi connectivity index (χ1) is 18.5. The Morgan fingerprint density at radius 3 is 2.66 bits per heavy atom. The monoisotopic (exact) mass is 646 g/mol. The lowest BCUT2D eigenvalue weighted by atomic mass is 10.1. The molecule has 38 heavy (non-hydrogen) atoms. The Kier molecular flexibility index (Phi) is 8.21. The van der Waals surface area contributed by atoms with Crippen LogP contribution in [0.25, 0.3) is 10.2 Å². The van der Waals surface area contributed by atoms with E-state index in [9.17, 15) is 4.79 Å². The summed E-state index contributed by atoms with van der Waals surface area (Å²) in [6, 6.07) is 5.80. The number of nitrogens with one attached hydrogen (secondary N) is 2. The van der Waals surface area contributed by atoms with Gasteiger partial charge < -0.3 is 24.8 Å². The average molecular weight is 647 g/mol. The van der Waals surface area contributed by atoms with Gasteiger partial charge in [-0.2, -0.15) is 0 Å². The van der Waals surface area contributed by atoms with E-state index in [0.717, 1.165) is 52.2 Å². The normalized spacial score (nSPS) is 13.9. The van der Waals surface area contributed by atoms with Crippen LogP contribution < -0.4 is 20.1 Å². The Morgan fingerprint density at radius 1 is 1.16 bits per heavy atom. The number of thiophene rings is 1. The molecule has 198 valence electrons. The largest absolute Gasteiger partial charge is 0.496 e. The van der Waals surface area contributed by atoms with Crippen molar-refractivity contribution in [2.45, 2.75) is 13.5 Å². The highest BCUT2D eigenvalue weighted by Crippen LogP contribution is 2.39. The Hall–Kier alpha value is -3.07. The van der Waals surface area contributed by atoms with Crippen LogP contribution in [-0.2, 0) is 11.3 Å². The van der Waals surface area contributed by atoms with Crippen LogP contribution >= 0.6 is 33.9 Å². The number of hydrogen-bond donors (Lipinski definition) is 2. The predicted octanol–water partition coefficient (Wildman–Crippen LogP) is 4.84. The van der Waals surface area contributed by atoms with Crippen molar-refractivity contribution >= 4 is 67.4 Å². The molecule has 1 amide bonds. The maximum Gasteiger partial charge on any atom is 0.258 e. The lowest BCUT2D eigenvalue weighted by Gasteiger charge is -2.26. The number of carbonyl (C=O) groups excluding carboxylic acids is 1. The summed E-state index contributed by atoms with van der Waals surface area (Å²) in [6.07, 6.45) is 3.32. The molecule has 2 N–H and O–H groups in total. The quantitative estimate of drug-likeness (QED) is 0.260. The van der Waals surface area contributed by atoms with E-state index in [2.05, 4.69) is 59.1 Å². The third-order valence-corrected chi connectivity index (χ3v) is 8.35. The van der Waals surface area contributed by atoms with E-state index >= 15 is 0 Å². The van der Waals surface area contributed by atoms with E-state index in [1.54, 1.807) is 25.7 Å². The zero-order valence-electron chi connectivity index (χ0n) is 21.2. The number of hydrogen-bond acceptors (Lipinski definition) is 10. The van der Waals surface area contributed by atoms with Gasteiger partial charge in [0, 0.05) is 42.8 Å². The highest BCUT2D eigenvalue weighted by atomic mass is 127. The molecule has 0 saturated carbocycles. The Labute approximate surface area is 237 Å². The van der Waals surface area contributed by atoms with Crippen LogP contribution in [0, 0.1) is 10.5 Å². The molecule has 0 spiro atoms. The molecule has 1 fully saturated rings. The number of pyridine rings is 1. The van der Waals surface area contributed by atoms with Gasteiger partial charge in [-0.15, -0.1) is 11.3 Å². The summed E-state index contributed by atoms with van der Waals surface area (Å²) < 4.78 is 17.9. The number of carbonyl (C=O) groups is 1. The van der Waals surface area contributed by atoms with Crippen molar-refractivity contribution in [3.05, 3.63) is 56.4 Å². The van der Waals surface area contributed by atoms with Crippen molar-refractivity contribution < 1.29 is 19.0 Å². The molecule has 0 atom stereocenters. The molecule has 1 aliphatic rings. The fourth-order valence-electron chi connectivity index (χ4n) is 4.22. The molecule has 0 unspecified atom stereocenters. The fraction of sp³-hybridized carbons (Fsp3) is 0.308. The second kappa shape index (κ2) is 11.8. The lowest BCUT2D eigenvalue weighted by molar-refractivity contribution is 0.0341. The molecule has 1 saturated heterocycles. The maximum absolute atomic E-state index is 13.4. The number of aromatic nitrogens is 3. The van der Waals surface area contributed by atoms with Gasteiger partial charge >= 0.3 is 0 Å². The van der Waals surface area contributed by atoms with Gasteiger partial charge in [-0.25, -0.2) is 15.0 Å². The number of fused-ring (bicyclic) bond motifs is 1. The summed E-state index contributed by atoms with van der Waals surface area (Å²) in [5, 5.41) is 8.09. The van der Waals surface area contributed by atoms with Crippen LogP contribution in [0.3, 0.4) is 0 Å². The molecule has 5 rings (SSSR count). The van der Waals surface area contributed by atoms with Crippen molar-refractivity contribution in [2.75, 3.05) is 51.2 Å². The molecule has 3 aromatic heterocycles. The number of amides is 1. The Bertz CT molecular complexity index is 1430. The molecule has 10 nitrogen and oxygen atoms in total. The fourth-order valence-corrected chi connectivity index (χ4v) is 6.08. The molecular weight excluding hydrogens is 619 g/mol. The van der Waals surface area contributed by atoms with Crippen LogP contribution in [0.15, 0.2) is 36.1 Å². The third-order valence-electron chi connectivity index (χ3n) is 6.30. The molecule has 1 aromatic carbocycles. The first-order valence-corrected chi connectivity index (χ1v) is 13.9. The number of benzene rings is 1. The smallest absolute Gasteiger partial charge is 0.258 e. The van der Waals surface area contributed by atoms with Crippen LogP contribution in [0.5, 0.6) is 11.5 Å². The summed E-state index contributed by atoms with van der Waals surface area (Å²) in [6.45, 7) is 6.13. The zero-order chi connectivity index (χ0) is 26.6. The maximum atomic E-state index is 13.4. The van der Waals surface area contributed by atoms with Gasteiger partial charge in [0.2, 0.25) is 0 Å². The molecule has 1 aliphatic heterocycles. The first-order valence-electron chi connectivity index (χ1n) is 11.9. The first kappa shape index (κ1) is 26.5. The topological polar surface area (TPSA) is 111 Å². The standard InChI is InChI=1S/C26H27IN6O4S/c1-15-18(35-2)10-19(36-3)21(27)22(15)32-26(34)17-13-38-24-23(17)29-14-30-25(24)31-20-5-4-16(11-28-20)12-33-6-8-37-9-7-33/h4-5,10-11,13-14H,6-9,12H2,1-3H3,(H,32,34)(H,28,29,30,31). The third kappa shape index (κ3) is 5.53. The van der Waals surface area contributed by atoms with Gasteiger partial charge in [0.1, 0.15) is 23.6 Å². The number of halogens is 1. The minimum absolute atomic E-state index is 0.275. The number of methoxy groups -OCH3 is 2. The summed E-state index contributed by atoms with van der Waals surface area (Å²) in [5.74, 6) is 2.24. The molecule has 0 aliphatic carbocycles. The van der Waals surface area contributed by atoms with Crippen LogP contribution in [-0.4, -0.2) is 66.3 Å².